The van der Waals surface area contributed by atoms with Crippen molar-refractivity contribution in [1.82, 2.24) is 5.32 Å². The van der Waals surface area contributed by atoms with Crippen LogP contribution in [0.5, 0.6) is 0 Å². The monoisotopic (exact) mass is 312 g/mol. The Hall–Kier alpha value is -1.89. The molecule has 21 heavy (non-hydrogen) atoms. The average Bonchev–Trinajstić information content (AvgIpc) is 2.74. The molecule has 1 aromatic heterocycles. The van der Waals surface area contributed by atoms with E-state index in [-0.39, 0.29) is 16.7 Å². The standard InChI is InChI=1S/C14H20N2O4S/c1-9-8-12(21-13(9)14(19)20)16-11(18)6-4-3-5-7-15-10(2)17/h8H,3-7H2,1-2H3,(H,15,17)(H,16,18)(H,19,20). The highest BCUT2D eigenvalue weighted by atomic mass is 32.1. The van der Waals surface area contributed by atoms with Crippen molar-refractivity contribution in [1.29, 1.82) is 0 Å². The summed E-state index contributed by atoms with van der Waals surface area (Å²) in [5, 5.41) is 14.9. The van der Waals surface area contributed by atoms with Gasteiger partial charge >= 0.3 is 5.97 Å². The van der Waals surface area contributed by atoms with Gasteiger partial charge in [0, 0.05) is 19.9 Å². The van der Waals surface area contributed by atoms with Gasteiger partial charge in [-0.3, -0.25) is 9.59 Å². The number of amides is 2. The Labute approximate surface area is 127 Å². The van der Waals surface area contributed by atoms with E-state index in [0.29, 0.717) is 23.5 Å². The molecule has 116 valence electrons. The lowest BCUT2D eigenvalue weighted by molar-refractivity contribution is -0.119. The molecule has 0 atom stereocenters. The van der Waals surface area contributed by atoms with E-state index >= 15 is 0 Å². The first kappa shape index (κ1) is 17.2. The molecule has 0 aliphatic heterocycles. The number of aryl methyl sites for hydroxylation is 1. The van der Waals surface area contributed by atoms with Crippen molar-refractivity contribution in [3.8, 4) is 0 Å². The fourth-order valence-corrected chi connectivity index (χ4v) is 2.74. The molecule has 2 amide bonds. The number of carbonyl (C=O) groups excluding carboxylic acids is 2. The number of carbonyl (C=O) groups is 3. The quantitative estimate of drug-likeness (QED) is 0.642. The molecule has 0 saturated heterocycles. The molecule has 0 saturated carbocycles. The Kier molecular flexibility index (Phi) is 6.87. The smallest absolute Gasteiger partial charge is 0.346 e. The Bertz CT molecular complexity index is 525. The van der Waals surface area contributed by atoms with Crippen LogP contribution in [0.15, 0.2) is 6.07 Å². The lowest BCUT2D eigenvalue weighted by Crippen LogP contribution is -2.20. The number of rotatable bonds is 8. The summed E-state index contributed by atoms with van der Waals surface area (Å²) in [5.41, 5.74) is 0.651. The highest BCUT2D eigenvalue weighted by Crippen LogP contribution is 2.26. The van der Waals surface area contributed by atoms with Crippen molar-refractivity contribution in [3.63, 3.8) is 0 Å². The summed E-state index contributed by atoms with van der Waals surface area (Å²) in [5.74, 6) is -1.14. The van der Waals surface area contributed by atoms with Gasteiger partial charge in [0.1, 0.15) is 4.88 Å². The molecule has 0 fully saturated rings. The van der Waals surface area contributed by atoms with Crippen LogP contribution < -0.4 is 10.6 Å². The Morgan fingerprint density at radius 2 is 1.95 bits per heavy atom. The van der Waals surface area contributed by atoms with Gasteiger partial charge in [-0.05, 0) is 31.4 Å². The van der Waals surface area contributed by atoms with E-state index in [0.717, 1.165) is 30.6 Å². The number of unbranched alkanes of at least 4 members (excludes halogenated alkanes) is 2. The Morgan fingerprint density at radius 3 is 2.52 bits per heavy atom. The number of nitrogens with one attached hydrogen (secondary N) is 2. The first-order valence-electron chi connectivity index (χ1n) is 6.78. The maximum atomic E-state index is 11.7. The molecule has 3 N–H and O–H groups in total. The van der Waals surface area contributed by atoms with Crippen LogP contribution >= 0.6 is 11.3 Å². The first-order valence-corrected chi connectivity index (χ1v) is 7.60. The van der Waals surface area contributed by atoms with E-state index in [1.54, 1.807) is 13.0 Å². The molecule has 0 aliphatic rings. The Balaban J connectivity index is 2.26. The fourth-order valence-electron chi connectivity index (χ4n) is 1.81. The summed E-state index contributed by atoms with van der Waals surface area (Å²) in [6, 6.07) is 1.67. The zero-order valence-electron chi connectivity index (χ0n) is 12.2. The van der Waals surface area contributed by atoms with Crippen molar-refractivity contribution < 1.29 is 19.5 Å². The Morgan fingerprint density at radius 1 is 1.24 bits per heavy atom. The van der Waals surface area contributed by atoms with E-state index in [4.69, 9.17) is 5.11 Å². The zero-order chi connectivity index (χ0) is 15.8. The van der Waals surface area contributed by atoms with Crippen molar-refractivity contribution in [2.75, 3.05) is 11.9 Å². The van der Waals surface area contributed by atoms with Crippen LogP contribution in [-0.2, 0) is 9.59 Å². The number of carboxylic acids is 1. The van der Waals surface area contributed by atoms with Crippen LogP contribution in [0.4, 0.5) is 5.00 Å². The van der Waals surface area contributed by atoms with E-state index in [9.17, 15) is 14.4 Å². The molecule has 6 nitrogen and oxygen atoms in total. The van der Waals surface area contributed by atoms with Crippen LogP contribution in [0.1, 0.15) is 47.8 Å². The topological polar surface area (TPSA) is 95.5 Å². The molecule has 0 aliphatic carbocycles. The lowest BCUT2D eigenvalue weighted by atomic mass is 10.2. The van der Waals surface area contributed by atoms with Gasteiger partial charge in [0.15, 0.2) is 0 Å². The third kappa shape index (κ3) is 6.40. The fraction of sp³-hybridized carbons (Fsp3) is 0.500. The minimum Gasteiger partial charge on any atom is -0.477 e. The second-order valence-corrected chi connectivity index (χ2v) is 5.82. The van der Waals surface area contributed by atoms with E-state index in [1.165, 1.54) is 6.92 Å². The van der Waals surface area contributed by atoms with Gasteiger partial charge in [0.05, 0.1) is 5.00 Å². The maximum Gasteiger partial charge on any atom is 0.346 e. The normalized spacial score (nSPS) is 10.2. The molecule has 0 aromatic carbocycles. The van der Waals surface area contributed by atoms with Crippen molar-refractivity contribution in [3.05, 3.63) is 16.5 Å². The SMILES string of the molecule is CC(=O)NCCCCCC(=O)Nc1cc(C)c(C(=O)O)s1. The van der Waals surface area contributed by atoms with Gasteiger partial charge in [0.25, 0.3) is 0 Å². The molecule has 0 spiro atoms. The van der Waals surface area contributed by atoms with E-state index in [2.05, 4.69) is 10.6 Å². The van der Waals surface area contributed by atoms with Crippen LogP contribution in [0, 0.1) is 6.92 Å². The molecule has 0 bridgehead atoms. The summed E-state index contributed by atoms with van der Waals surface area (Å²) >= 11 is 1.07. The molecular formula is C14H20N2O4S. The summed E-state index contributed by atoms with van der Waals surface area (Å²) in [6.45, 7) is 3.81. The number of hydrogen-bond acceptors (Lipinski definition) is 4. The van der Waals surface area contributed by atoms with Crippen LogP contribution in [0.25, 0.3) is 0 Å². The van der Waals surface area contributed by atoms with Gasteiger partial charge in [-0.1, -0.05) is 6.42 Å². The van der Waals surface area contributed by atoms with Gasteiger partial charge < -0.3 is 15.7 Å². The molecule has 1 rings (SSSR count). The van der Waals surface area contributed by atoms with Crippen molar-refractivity contribution in [2.45, 2.75) is 39.5 Å². The van der Waals surface area contributed by atoms with Crippen LogP contribution in [0.3, 0.4) is 0 Å². The lowest BCUT2D eigenvalue weighted by Gasteiger charge is -2.03. The van der Waals surface area contributed by atoms with Gasteiger partial charge in [-0.25, -0.2) is 4.79 Å². The van der Waals surface area contributed by atoms with Crippen LogP contribution in [0.2, 0.25) is 0 Å². The van der Waals surface area contributed by atoms with Gasteiger partial charge in [0.2, 0.25) is 11.8 Å². The van der Waals surface area contributed by atoms with Crippen LogP contribution in [-0.4, -0.2) is 29.4 Å². The van der Waals surface area contributed by atoms with Crippen molar-refractivity contribution >= 4 is 34.1 Å². The minimum absolute atomic E-state index is 0.0463. The number of carboxylic acid groups (broad SMARTS) is 1. The van der Waals surface area contributed by atoms with Crippen molar-refractivity contribution in [2.24, 2.45) is 0 Å². The summed E-state index contributed by atoms with van der Waals surface area (Å²) in [4.78, 5) is 33.5. The second kappa shape index (κ2) is 8.41. The molecule has 1 aromatic rings. The third-order valence-electron chi connectivity index (χ3n) is 2.83. The molecule has 7 heteroatoms. The number of thiophene rings is 1. The predicted octanol–water partition coefficient (Wildman–Crippen LogP) is 2.39. The maximum absolute atomic E-state index is 11.7. The van der Waals surface area contributed by atoms with Gasteiger partial charge in [-0.2, -0.15) is 0 Å². The molecular weight excluding hydrogens is 292 g/mol. The second-order valence-electron chi connectivity index (χ2n) is 4.77. The van der Waals surface area contributed by atoms with E-state index in [1.807, 2.05) is 0 Å². The van der Waals surface area contributed by atoms with E-state index < -0.39 is 5.97 Å². The minimum atomic E-state index is -0.976. The molecule has 0 unspecified atom stereocenters. The molecule has 1 heterocycles. The number of anilines is 1. The first-order chi connectivity index (χ1) is 9.90. The number of hydrogen-bond donors (Lipinski definition) is 3. The predicted molar refractivity (Wildman–Crippen MR) is 81.8 cm³/mol. The number of aromatic carboxylic acids is 1. The summed E-state index contributed by atoms with van der Waals surface area (Å²) < 4.78 is 0. The average molecular weight is 312 g/mol. The molecule has 0 radical (unpaired) electrons. The van der Waals surface area contributed by atoms with Gasteiger partial charge in [-0.15, -0.1) is 11.3 Å². The highest BCUT2D eigenvalue weighted by Gasteiger charge is 2.13. The summed E-state index contributed by atoms with van der Waals surface area (Å²) in [7, 11) is 0. The largest absolute Gasteiger partial charge is 0.477 e. The zero-order valence-corrected chi connectivity index (χ0v) is 13.0. The third-order valence-corrected chi connectivity index (χ3v) is 3.97. The highest BCUT2D eigenvalue weighted by molar-refractivity contribution is 7.18. The summed E-state index contributed by atoms with van der Waals surface area (Å²) in [6.07, 6.45) is 2.83.